The molecule has 1 aromatic heterocycles. The van der Waals surface area contributed by atoms with Crippen LogP contribution < -0.4 is 52.4 Å². The van der Waals surface area contributed by atoms with Crippen molar-refractivity contribution in [2.24, 2.45) is 0 Å². The molecule has 15 aromatic carbocycles. The maximum atomic E-state index is 2.65. The maximum Gasteiger partial charge on any atom is 0.252 e. The number of anilines is 12. The first kappa shape index (κ1) is 53.8. The van der Waals surface area contributed by atoms with E-state index in [1.807, 2.05) is 0 Å². The van der Waals surface area contributed by atoms with Crippen molar-refractivity contribution in [3.05, 3.63) is 321 Å². The maximum absolute atomic E-state index is 2.65. The predicted octanol–water partition coefficient (Wildman–Crippen LogP) is 19.4. The summed E-state index contributed by atoms with van der Waals surface area (Å²) in [5, 5.41) is 9.86. The lowest BCUT2D eigenvalue weighted by molar-refractivity contribution is 0.590. The fourth-order valence-corrected chi connectivity index (χ4v) is 16.9. The Hall–Kier alpha value is -11.8. The zero-order valence-electron chi connectivity index (χ0n) is 52.9. The van der Waals surface area contributed by atoms with Gasteiger partial charge in [-0.1, -0.05) is 227 Å². The van der Waals surface area contributed by atoms with Gasteiger partial charge in [-0.25, -0.2) is 0 Å². The van der Waals surface area contributed by atoms with Crippen molar-refractivity contribution >= 4 is 169 Å². The Bertz CT molecular complexity index is 5880. The van der Waals surface area contributed by atoms with Gasteiger partial charge in [-0.2, -0.15) is 0 Å². The van der Waals surface area contributed by atoms with Gasteiger partial charge in [0.2, 0.25) is 0 Å². The van der Waals surface area contributed by atoms with Crippen LogP contribution in [0.2, 0.25) is 0 Å². The van der Waals surface area contributed by atoms with Crippen molar-refractivity contribution in [1.29, 1.82) is 0 Å². The fraction of sp³-hybridized carbons (Fsp3) is 0.0455. The number of fused-ring (bicyclic) bond motifs is 16. The van der Waals surface area contributed by atoms with Crippen molar-refractivity contribution < 1.29 is 0 Å². The normalized spacial score (nSPS) is 13.5. The van der Waals surface area contributed by atoms with Crippen molar-refractivity contribution in [2.75, 3.05) is 19.6 Å². The number of para-hydroxylation sites is 6. The van der Waals surface area contributed by atoms with E-state index in [-0.39, 0.29) is 18.8 Å². The molecule has 0 radical (unpaired) electrons. The largest absolute Gasteiger partial charge is 0.311 e. The molecule has 7 heteroatoms. The van der Waals surface area contributed by atoms with Gasteiger partial charge in [0.15, 0.2) is 0 Å². The van der Waals surface area contributed by atoms with Gasteiger partial charge in [-0.05, 0) is 191 Å². The molecule has 0 aliphatic carbocycles. The van der Waals surface area contributed by atoms with Crippen LogP contribution in [-0.4, -0.2) is 18.0 Å². The van der Waals surface area contributed by atoms with Crippen LogP contribution in [-0.2, 0) is 5.41 Å². The third-order valence-electron chi connectivity index (χ3n) is 21.0. The van der Waals surface area contributed by atoms with Gasteiger partial charge in [-0.3, -0.25) is 0 Å². The van der Waals surface area contributed by atoms with E-state index in [4.69, 9.17) is 0 Å². The van der Waals surface area contributed by atoms with Crippen LogP contribution in [0.3, 0.4) is 0 Å². The molecule has 0 saturated carbocycles. The van der Waals surface area contributed by atoms with Crippen LogP contribution >= 0.6 is 0 Å². The van der Waals surface area contributed by atoms with Crippen LogP contribution in [0.5, 0.6) is 0 Å². The average Bonchev–Trinajstić information content (AvgIpc) is 0.816. The molecule has 5 nitrogen and oxygen atoms in total. The SMILES string of the molecule is CC(C)(C)c1cc2c3c(c1)N(c1ccccc1)c1cc4c(cc1B3c1ccccc1N2c1ccccc1)B1c2ccccc2N(c2ccccc2)c2cc(-n3c5ccc(-c6cc7ccccc7c7ccccc67)cc5c5ccc6ccccc6c53)cc(c21)N4c1ccccc1. The van der Waals surface area contributed by atoms with Crippen molar-refractivity contribution in [3.8, 4) is 16.8 Å². The lowest BCUT2D eigenvalue weighted by Gasteiger charge is -2.47. The second kappa shape index (κ2) is 20.4. The third kappa shape index (κ3) is 7.87. The smallest absolute Gasteiger partial charge is 0.252 e. The van der Waals surface area contributed by atoms with Crippen molar-refractivity contribution in [3.63, 3.8) is 0 Å². The topological polar surface area (TPSA) is 17.9 Å². The summed E-state index contributed by atoms with van der Waals surface area (Å²) in [7, 11) is 0. The number of nitrogens with zero attached hydrogens (tertiary/aromatic N) is 5. The second-order valence-electron chi connectivity index (χ2n) is 27.2. The van der Waals surface area contributed by atoms with Crippen LogP contribution in [0.1, 0.15) is 26.3 Å². The Balaban J connectivity index is 0.898. The predicted molar refractivity (Wildman–Crippen MR) is 405 cm³/mol. The summed E-state index contributed by atoms with van der Waals surface area (Å²) >= 11 is 0. The van der Waals surface area contributed by atoms with E-state index in [0.29, 0.717) is 0 Å². The van der Waals surface area contributed by atoms with Crippen molar-refractivity contribution in [2.45, 2.75) is 26.2 Å². The zero-order valence-corrected chi connectivity index (χ0v) is 52.9. The van der Waals surface area contributed by atoms with Gasteiger partial charge in [0, 0.05) is 84.4 Å². The van der Waals surface area contributed by atoms with E-state index >= 15 is 0 Å². The monoisotopic (exact) mass is 1210 g/mol. The molecule has 0 amide bonds. The molecule has 0 bridgehead atoms. The van der Waals surface area contributed by atoms with E-state index in [0.717, 1.165) is 51.0 Å². The molecule has 4 aliphatic heterocycles. The fourth-order valence-electron chi connectivity index (χ4n) is 16.9. The van der Waals surface area contributed by atoms with Gasteiger partial charge in [0.25, 0.3) is 13.4 Å². The number of benzene rings is 15. The highest BCUT2D eigenvalue weighted by molar-refractivity contribution is 7.03. The number of hydrogen-bond acceptors (Lipinski definition) is 4. The van der Waals surface area contributed by atoms with Gasteiger partial charge in [-0.15, -0.1) is 0 Å². The van der Waals surface area contributed by atoms with Gasteiger partial charge >= 0.3 is 0 Å². The summed E-state index contributed by atoms with van der Waals surface area (Å²) in [6.45, 7) is 6.82. The Morgan fingerprint density at radius 1 is 0.263 bits per heavy atom. The summed E-state index contributed by atoms with van der Waals surface area (Å²) < 4.78 is 2.59. The minimum atomic E-state index is -0.166. The average molecular weight is 1210 g/mol. The molecule has 0 N–H and O–H groups in total. The summed E-state index contributed by atoms with van der Waals surface area (Å²) in [6.07, 6.45) is 0. The minimum Gasteiger partial charge on any atom is -0.311 e. The minimum absolute atomic E-state index is 0.0934. The molecule has 0 unspecified atom stereocenters. The van der Waals surface area contributed by atoms with E-state index in [2.05, 4.69) is 360 Å². The highest BCUT2D eigenvalue weighted by Crippen LogP contribution is 2.51. The molecule has 4 aliphatic rings. The molecule has 0 saturated heterocycles. The van der Waals surface area contributed by atoms with Crippen LogP contribution in [0.4, 0.5) is 68.2 Å². The molecule has 20 rings (SSSR count). The zero-order chi connectivity index (χ0) is 62.8. The van der Waals surface area contributed by atoms with Crippen LogP contribution in [0.25, 0.3) is 70.9 Å². The van der Waals surface area contributed by atoms with Crippen molar-refractivity contribution in [1.82, 2.24) is 4.57 Å². The number of rotatable bonds is 6. The number of hydrogen-bond donors (Lipinski definition) is 0. The Kier molecular flexibility index (Phi) is 11.5. The molecule has 0 spiro atoms. The molecule has 16 aromatic rings. The van der Waals surface area contributed by atoms with Gasteiger partial charge in [0.1, 0.15) is 0 Å². The lowest BCUT2D eigenvalue weighted by atomic mass is 9.30. The standard InChI is InChI=1S/C88H61B2N5/c1-88(2,3)59-50-81-85-82(51-59)93(62-32-12-6-13-33-62)79-55-80-75(54-74(79)89(85)72-40-22-24-42-77(72)91(81)60-28-8-4-9-29-60)90-73-41-23-25-43-78(73)92(61-30-10-5-11-31-61)83-52-64(53-84(86(83)90)94(80)63-34-14-7-15-35-63)95-76-47-45-58(49-71(76)69-46-44-56-26-16-19-37-66(56)87(69)95)70-48-57-27-17-18-36-65(57)67-38-20-21-39-68(67)70/h4-55H,1-3H3. The molecular formula is C88H61B2N5. The summed E-state index contributed by atoms with van der Waals surface area (Å²) in [5.41, 5.74) is 28.6. The van der Waals surface area contributed by atoms with Gasteiger partial charge in [0.05, 0.1) is 16.7 Å². The highest BCUT2D eigenvalue weighted by atomic mass is 15.2. The van der Waals surface area contributed by atoms with Gasteiger partial charge < -0.3 is 24.2 Å². The first-order valence-electron chi connectivity index (χ1n) is 33.3. The Labute approximate surface area is 553 Å². The first-order valence-corrected chi connectivity index (χ1v) is 33.3. The highest BCUT2D eigenvalue weighted by Gasteiger charge is 2.49. The lowest BCUT2D eigenvalue weighted by Crippen LogP contribution is -2.65. The Morgan fingerprint density at radius 3 is 1.24 bits per heavy atom. The van der Waals surface area contributed by atoms with Crippen LogP contribution in [0.15, 0.2) is 315 Å². The number of aromatic nitrogens is 1. The summed E-state index contributed by atoms with van der Waals surface area (Å²) in [4.78, 5) is 10.3. The molecule has 444 valence electrons. The van der Waals surface area contributed by atoms with E-state index in [9.17, 15) is 0 Å². The molecule has 95 heavy (non-hydrogen) atoms. The van der Waals surface area contributed by atoms with E-state index in [1.54, 1.807) is 0 Å². The van der Waals surface area contributed by atoms with E-state index in [1.165, 1.54) is 127 Å². The molecule has 0 fully saturated rings. The second-order valence-corrected chi connectivity index (χ2v) is 27.2. The van der Waals surface area contributed by atoms with E-state index < -0.39 is 0 Å². The quantitative estimate of drug-likeness (QED) is 0.122. The molecule has 5 heterocycles. The first-order chi connectivity index (χ1) is 46.8. The molecule has 0 atom stereocenters. The van der Waals surface area contributed by atoms with Crippen LogP contribution in [0, 0.1) is 0 Å². The Morgan fingerprint density at radius 2 is 0.705 bits per heavy atom. The summed E-state index contributed by atoms with van der Waals surface area (Å²) in [6, 6.07) is 119. The third-order valence-corrected chi connectivity index (χ3v) is 21.0. The molecular weight excluding hydrogens is 1150 g/mol. The summed E-state index contributed by atoms with van der Waals surface area (Å²) in [5.74, 6) is 0.